The molecule has 23 heavy (non-hydrogen) atoms. The summed E-state index contributed by atoms with van der Waals surface area (Å²) in [4.78, 5) is 14.7. The van der Waals surface area contributed by atoms with Crippen LogP contribution in [0.25, 0.3) is 5.69 Å². The number of carbonyl (C=O) groups is 1. The van der Waals surface area contributed by atoms with Crippen molar-refractivity contribution in [1.82, 2.24) is 14.7 Å². The maximum Gasteiger partial charge on any atom is 0.274 e. The fourth-order valence-electron chi connectivity index (χ4n) is 3.20. The average Bonchev–Trinajstić information content (AvgIpc) is 2.97. The van der Waals surface area contributed by atoms with Crippen LogP contribution in [0.4, 0.5) is 0 Å². The molecule has 1 aliphatic rings. The molecule has 5 nitrogen and oxygen atoms in total. The van der Waals surface area contributed by atoms with Gasteiger partial charge in [-0.05, 0) is 50.8 Å². The number of benzene rings is 1. The summed E-state index contributed by atoms with van der Waals surface area (Å²) >= 11 is 0. The van der Waals surface area contributed by atoms with Gasteiger partial charge >= 0.3 is 0 Å². The normalized spacial score (nSPS) is 19.6. The molecule has 1 saturated heterocycles. The highest BCUT2D eigenvalue weighted by Crippen LogP contribution is 2.21. The molecule has 2 N–H and O–H groups in total. The molecule has 2 heterocycles. The highest BCUT2D eigenvalue weighted by molar-refractivity contribution is 5.92. The Morgan fingerprint density at radius 2 is 2.09 bits per heavy atom. The Morgan fingerprint density at radius 1 is 1.35 bits per heavy atom. The molecule has 0 saturated carbocycles. The zero-order chi connectivity index (χ0) is 16.4. The molecule has 1 amide bonds. The minimum absolute atomic E-state index is 0.00753. The van der Waals surface area contributed by atoms with Crippen molar-refractivity contribution in [2.24, 2.45) is 11.7 Å². The first-order valence-corrected chi connectivity index (χ1v) is 8.23. The van der Waals surface area contributed by atoms with Gasteiger partial charge in [-0.15, -0.1) is 0 Å². The number of carbonyl (C=O) groups excluding carboxylic acids is 1. The monoisotopic (exact) mass is 312 g/mol. The summed E-state index contributed by atoms with van der Waals surface area (Å²) in [5.41, 5.74) is 8.45. The van der Waals surface area contributed by atoms with E-state index < -0.39 is 0 Å². The maximum absolute atomic E-state index is 12.8. The van der Waals surface area contributed by atoms with Gasteiger partial charge in [-0.1, -0.05) is 18.2 Å². The lowest BCUT2D eigenvalue weighted by Gasteiger charge is -2.34. The lowest BCUT2D eigenvalue weighted by atomic mass is 9.92. The minimum Gasteiger partial charge on any atom is -0.337 e. The largest absolute Gasteiger partial charge is 0.337 e. The SMILES string of the molecule is Cc1cc(C(=O)N2CCC[C@@H]([C@@H](C)N)C2)nn1-c1ccccc1. The second-order valence-corrected chi connectivity index (χ2v) is 6.43. The number of aromatic nitrogens is 2. The molecule has 1 aromatic heterocycles. The number of rotatable bonds is 3. The molecule has 0 radical (unpaired) electrons. The van der Waals surface area contributed by atoms with E-state index in [1.54, 1.807) is 0 Å². The summed E-state index contributed by atoms with van der Waals surface area (Å²) in [6.07, 6.45) is 2.11. The molecule has 0 unspecified atom stereocenters. The van der Waals surface area contributed by atoms with Gasteiger partial charge in [-0.2, -0.15) is 5.10 Å². The number of hydrogen-bond acceptors (Lipinski definition) is 3. The molecule has 1 aliphatic heterocycles. The van der Waals surface area contributed by atoms with Crippen LogP contribution in [0.5, 0.6) is 0 Å². The number of aryl methyl sites for hydroxylation is 1. The van der Waals surface area contributed by atoms with Crippen molar-refractivity contribution in [1.29, 1.82) is 0 Å². The molecule has 0 aliphatic carbocycles. The Labute approximate surface area is 137 Å². The Kier molecular flexibility index (Phi) is 4.48. The van der Waals surface area contributed by atoms with E-state index in [1.807, 2.05) is 59.8 Å². The van der Waals surface area contributed by atoms with E-state index in [0.29, 0.717) is 11.6 Å². The van der Waals surface area contributed by atoms with Crippen molar-refractivity contribution in [3.05, 3.63) is 47.8 Å². The summed E-state index contributed by atoms with van der Waals surface area (Å²) in [7, 11) is 0. The van der Waals surface area contributed by atoms with Crippen molar-refractivity contribution >= 4 is 5.91 Å². The lowest BCUT2D eigenvalue weighted by Crippen LogP contribution is -2.45. The van der Waals surface area contributed by atoms with Gasteiger partial charge in [-0.25, -0.2) is 4.68 Å². The van der Waals surface area contributed by atoms with Crippen LogP contribution >= 0.6 is 0 Å². The first-order chi connectivity index (χ1) is 11.1. The highest BCUT2D eigenvalue weighted by atomic mass is 16.2. The molecule has 5 heteroatoms. The Morgan fingerprint density at radius 3 is 2.78 bits per heavy atom. The van der Waals surface area contributed by atoms with Gasteiger partial charge in [0.25, 0.3) is 5.91 Å². The van der Waals surface area contributed by atoms with E-state index in [4.69, 9.17) is 5.73 Å². The van der Waals surface area contributed by atoms with Crippen LogP contribution in [0.2, 0.25) is 0 Å². The molecule has 3 rings (SSSR count). The summed E-state index contributed by atoms with van der Waals surface area (Å²) in [6.45, 7) is 5.51. The molecule has 1 aromatic carbocycles. The number of nitrogens with two attached hydrogens (primary N) is 1. The average molecular weight is 312 g/mol. The van der Waals surface area contributed by atoms with Gasteiger partial charge in [0, 0.05) is 24.8 Å². The van der Waals surface area contributed by atoms with Crippen molar-refractivity contribution in [2.75, 3.05) is 13.1 Å². The smallest absolute Gasteiger partial charge is 0.274 e. The van der Waals surface area contributed by atoms with Gasteiger partial charge in [0.15, 0.2) is 5.69 Å². The van der Waals surface area contributed by atoms with E-state index in [-0.39, 0.29) is 11.9 Å². The minimum atomic E-state index is 0.00753. The fraction of sp³-hybridized carbons (Fsp3) is 0.444. The van der Waals surface area contributed by atoms with Crippen LogP contribution in [0, 0.1) is 12.8 Å². The zero-order valence-corrected chi connectivity index (χ0v) is 13.8. The summed E-state index contributed by atoms with van der Waals surface area (Å²) in [5.74, 6) is 0.387. The van der Waals surface area contributed by atoms with E-state index in [2.05, 4.69) is 5.10 Å². The third-order valence-corrected chi connectivity index (χ3v) is 4.60. The predicted octanol–water partition coefficient (Wildman–Crippen LogP) is 2.38. The van der Waals surface area contributed by atoms with Crippen molar-refractivity contribution in [2.45, 2.75) is 32.7 Å². The summed E-state index contributed by atoms with van der Waals surface area (Å²) in [5, 5.41) is 4.52. The Balaban J connectivity index is 1.81. The molecule has 2 atom stereocenters. The molecule has 0 spiro atoms. The topological polar surface area (TPSA) is 64.2 Å². The number of para-hydroxylation sites is 1. The van der Waals surface area contributed by atoms with E-state index in [0.717, 1.165) is 37.3 Å². The summed E-state index contributed by atoms with van der Waals surface area (Å²) in [6, 6.07) is 11.9. The van der Waals surface area contributed by atoms with Crippen molar-refractivity contribution in [3.8, 4) is 5.69 Å². The molecular formula is C18H24N4O. The number of amides is 1. The lowest BCUT2D eigenvalue weighted by molar-refractivity contribution is 0.0654. The van der Waals surface area contributed by atoms with Crippen LogP contribution in [-0.4, -0.2) is 39.7 Å². The van der Waals surface area contributed by atoms with Gasteiger partial charge < -0.3 is 10.6 Å². The first-order valence-electron chi connectivity index (χ1n) is 8.23. The van der Waals surface area contributed by atoms with Crippen LogP contribution in [0.3, 0.4) is 0 Å². The van der Waals surface area contributed by atoms with E-state index >= 15 is 0 Å². The number of nitrogens with zero attached hydrogens (tertiary/aromatic N) is 3. The van der Waals surface area contributed by atoms with Crippen LogP contribution < -0.4 is 5.73 Å². The van der Waals surface area contributed by atoms with Gasteiger partial charge in [-0.3, -0.25) is 4.79 Å². The van der Waals surface area contributed by atoms with Gasteiger partial charge in [0.05, 0.1) is 5.69 Å². The van der Waals surface area contributed by atoms with Crippen molar-refractivity contribution in [3.63, 3.8) is 0 Å². The van der Waals surface area contributed by atoms with Crippen LogP contribution in [-0.2, 0) is 0 Å². The molecule has 0 bridgehead atoms. The standard InChI is InChI=1S/C18H24N4O/c1-13-11-17(20-22(13)16-8-4-3-5-9-16)18(23)21-10-6-7-15(12-21)14(2)19/h3-5,8-9,11,14-15H,6-7,10,12,19H2,1-2H3/t14-,15-/m1/s1. The predicted molar refractivity (Wildman–Crippen MR) is 90.6 cm³/mol. The second-order valence-electron chi connectivity index (χ2n) is 6.43. The third-order valence-electron chi connectivity index (χ3n) is 4.60. The maximum atomic E-state index is 12.8. The highest BCUT2D eigenvalue weighted by Gasteiger charge is 2.28. The quantitative estimate of drug-likeness (QED) is 0.946. The first kappa shape index (κ1) is 15.7. The molecule has 122 valence electrons. The third kappa shape index (κ3) is 3.29. The number of likely N-dealkylation sites (tertiary alicyclic amines) is 1. The summed E-state index contributed by atoms with van der Waals surface area (Å²) < 4.78 is 1.82. The Hall–Kier alpha value is -2.14. The van der Waals surface area contributed by atoms with E-state index in [9.17, 15) is 4.79 Å². The van der Waals surface area contributed by atoms with Crippen molar-refractivity contribution < 1.29 is 4.79 Å². The second kappa shape index (κ2) is 6.54. The molecular weight excluding hydrogens is 288 g/mol. The Bertz CT molecular complexity index is 678. The van der Waals surface area contributed by atoms with Gasteiger partial charge in [0.1, 0.15) is 0 Å². The number of piperidine rings is 1. The van der Waals surface area contributed by atoms with Gasteiger partial charge in [0.2, 0.25) is 0 Å². The van der Waals surface area contributed by atoms with E-state index in [1.165, 1.54) is 0 Å². The van der Waals surface area contributed by atoms with Crippen LogP contribution in [0.15, 0.2) is 36.4 Å². The zero-order valence-electron chi connectivity index (χ0n) is 13.8. The van der Waals surface area contributed by atoms with Crippen LogP contribution in [0.1, 0.15) is 35.9 Å². The fourth-order valence-corrected chi connectivity index (χ4v) is 3.20. The number of hydrogen-bond donors (Lipinski definition) is 1. The molecule has 1 fully saturated rings. The molecule has 2 aromatic rings.